The molecule has 0 saturated heterocycles. The molecule has 0 atom stereocenters. The minimum Gasteiger partial charge on any atom is -0.308 e. The number of para-hydroxylation sites is 2. The van der Waals surface area contributed by atoms with Gasteiger partial charge in [0.05, 0.1) is 16.6 Å². The van der Waals surface area contributed by atoms with E-state index in [4.69, 9.17) is 15.0 Å². The quantitative estimate of drug-likeness (QED) is 0.220. The molecule has 0 saturated carbocycles. The smallest absolute Gasteiger partial charge is 0.164 e. The second-order valence-electron chi connectivity index (χ2n) is 10.9. The Morgan fingerprint density at radius 3 is 1.77 bits per heavy atom. The number of hydrogen-bond donors (Lipinski definition) is 0. The monoisotopic (exact) mass is 548 g/mol. The molecular weight excluding hydrogens is 524 g/mol. The molecule has 0 amide bonds. The molecule has 6 aromatic carbocycles. The SMILES string of the molecule is c1ccc(-c2cccc(-c3nc(-c4ccccc4)nc(-c4cccc5c4c4cccc6c7ccccc7n5c64)n3)c2)cc1. The Labute approximate surface area is 247 Å². The second-order valence-corrected chi connectivity index (χ2v) is 10.9. The molecule has 43 heavy (non-hydrogen) atoms. The molecule has 9 rings (SSSR count). The van der Waals surface area contributed by atoms with E-state index in [1.807, 2.05) is 24.3 Å². The summed E-state index contributed by atoms with van der Waals surface area (Å²) in [5.74, 6) is 1.97. The number of aromatic nitrogens is 4. The average Bonchev–Trinajstić information content (AvgIpc) is 3.62. The van der Waals surface area contributed by atoms with Crippen LogP contribution in [0.5, 0.6) is 0 Å². The normalized spacial score (nSPS) is 11.7. The first-order chi connectivity index (χ1) is 21.3. The molecule has 0 aliphatic carbocycles. The molecule has 0 N–H and O–H groups in total. The number of rotatable bonds is 4. The summed E-state index contributed by atoms with van der Waals surface area (Å²) < 4.78 is 2.39. The van der Waals surface area contributed by atoms with Gasteiger partial charge in [-0.05, 0) is 29.3 Å². The average molecular weight is 549 g/mol. The zero-order valence-corrected chi connectivity index (χ0v) is 23.1. The predicted octanol–water partition coefficient (Wildman–Crippen LogP) is 9.69. The van der Waals surface area contributed by atoms with Crippen LogP contribution in [0, 0.1) is 0 Å². The highest BCUT2D eigenvalue weighted by Crippen LogP contribution is 2.42. The van der Waals surface area contributed by atoms with Crippen molar-refractivity contribution in [1.82, 2.24) is 19.4 Å². The van der Waals surface area contributed by atoms with Gasteiger partial charge in [-0.1, -0.05) is 127 Å². The zero-order chi connectivity index (χ0) is 28.3. The highest BCUT2D eigenvalue weighted by atomic mass is 15.0. The standard InChI is InChI=1S/C39H24N4/c1-3-12-25(13-4-1)27-16-9-17-28(24-27)38-40-37(26-14-5-2-6-15-26)41-39(42-38)32-21-11-23-34-35(32)31-20-10-19-30-29-18-7-8-22-33(29)43(34)36(30)31/h1-24H. The largest absolute Gasteiger partial charge is 0.308 e. The maximum Gasteiger partial charge on any atom is 0.164 e. The van der Waals surface area contributed by atoms with Gasteiger partial charge in [-0.2, -0.15) is 0 Å². The van der Waals surface area contributed by atoms with Crippen molar-refractivity contribution in [3.63, 3.8) is 0 Å². The predicted molar refractivity (Wildman–Crippen MR) is 176 cm³/mol. The van der Waals surface area contributed by atoms with Crippen molar-refractivity contribution in [2.75, 3.05) is 0 Å². The Morgan fingerprint density at radius 1 is 0.372 bits per heavy atom. The molecule has 0 radical (unpaired) electrons. The molecule has 4 heteroatoms. The fraction of sp³-hybridized carbons (Fsp3) is 0. The van der Waals surface area contributed by atoms with Gasteiger partial charge in [0.1, 0.15) is 0 Å². The molecule has 3 aromatic heterocycles. The van der Waals surface area contributed by atoms with Gasteiger partial charge in [-0.25, -0.2) is 15.0 Å². The summed E-state index contributed by atoms with van der Waals surface area (Å²) in [5.41, 5.74) is 8.79. The topological polar surface area (TPSA) is 43.1 Å². The van der Waals surface area contributed by atoms with Crippen LogP contribution in [-0.4, -0.2) is 19.4 Å². The molecule has 3 heterocycles. The van der Waals surface area contributed by atoms with Gasteiger partial charge >= 0.3 is 0 Å². The van der Waals surface area contributed by atoms with Gasteiger partial charge in [0, 0.05) is 38.2 Å². The minimum atomic E-state index is 0.653. The highest BCUT2D eigenvalue weighted by Gasteiger charge is 2.21. The van der Waals surface area contributed by atoms with Crippen molar-refractivity contribution in [2.45, 2.75) is 0 Å². The Balaban J connectivity index is 1.33. The van der Waals surface area contributed by atoms with Gasteiger partial charge in [-0.3, -0.25) is 0 Å². The van der Waals surface area contributed by atoms with Gasteiger partial charge in [0.2, 0.25) is 0 Å². The minimum absolute atomic E-state index is 0.653. The van der Waals surface area contributed by atoms with Crippen molar-refractivity contribution in [3.05, 3.63) is 146 Å². The van der Waals surface area contributed by atoms with Crippen LogP contribution in [0.25, 0.3) is 83.4 Å². The molecule has 9 aromatic rings. The van der Waals surface area contributed by atoms with Crippen LogP contribution in [0.2, 0.25) is 0 Å². The Morgan fingerprint density at radius 2 is 0.930 bits per heavy atom. The number of nitrogens with zero attached hydrogens (tertiary/aromatic N) is 4. The third-order valence-electron chi connectivity index (χ3n) is 8.38. The van der Waals surface area contributed by atoms with Crippen LogP contribution < -0.4 is 0 Å². The molecule has 0 aliphatic heterocycles. The van der Waals surface area contributed by atoms with E-state index in [-0.39, 0.29) is 0 Å². The lowest BCUT2D eigenvalue weighted by atomic mass is 10.0. The molecule has 4 nitrogen and oxygen atoms in total. The summed E-state index contributed by atoms with van der Waals surface area (Å²) in [7, 11) is 0. The van der Waals surface area contributed by atoms with Crippen molar-refractivity contribution < 1.29 is 0 Å². The third-order valence-corrected chi connectivity index (χ3v) is 8.38. The summed E-state index contributed by atoms with van der Waals surface area (Å²) in [4.78, 5) is 15.3. The van der Waals surface area contributed by atoms with Crippen LogP contribution in [0.4, 0.5) is 0 Å². The maximum atomic E-state index is 5.15. The molecule has 0 unspecified atom stereocenters. The van der Waals surface area contributed by atoms with E-state index >= 15 is 0 Å². The summed E-state index contributed by atoms with van der Waals surface area (Å²) >= 11 is 0. The third kappa shape index (κ3) is 3.67. The lowest BCUT2D eigenvalue weighted by Crippen LogP contribution is -2.00. The Kier molecular flexibility index (Phi) is 5.16. The van der Waals surface area contributed by atoms with Crippen molar-refractivity contribution >= 4 is 38.1 Å². The Bertz CT molecular complexity index is 2440. The van der Waals surface area contributed by atoms with Crippen molar-refractivity contribution in [3.8, 4) is 45.3 Å². The molecule has 0 bridgehead atoms. The van der Waals surface area contributed by atoms with E-state index < -0.39 is 0 Å². The summed E-state index contributed by atoms with van der Waals surface area (Å²) in [6.45, 7) is 0. The van der Waals surface area contributed by atoms with Gasteiger partial charge in [-0.15, -0.1) is 0 Å². The van der Waals surface area contributed by atoms with Crippen LogP contribution in [0.3, 0.4) is 0 Å². The first-order valence-corrected chi connectivity index (χ1v) is 14.5. The molecule has 0 fully saturated rings. The summed E-state index contributed by atoms with van der Waals surface area (Å²) in [6.07, 6.45) is 0. The maximum absolute atomic E-state index is 5.15. The van der Waals surface area contributed by atoms with E-state index in [1.165, 1.54) is 27.2 Å². The number of hydrogen-bond acceptors (Lipinski definition) is 3. The van der Waals surface area contributed by atoms with E-state index in [2.05, 4.69) is 126 Å². The van der Waals surface area contributed by atoms with E-state index in [9.17, 15) is 0 Å². The molecule has 200 valence electrons. The number of benzene rings is 6. The van der Waals surface area contributed by atoms with Gasteiger partial charge in [0.25, 0.3) is 0 Å². The fourth-order valence-corrected chi connectivity index (χ4v) is 6.48. The van der Waals surface area contributed by atoms with E-state index in [0.717, 1.165) is 38.7 Å². The fourth-order valence-electron chi connectivity index (χ4n) is 6.48. The molecular formula is C39H24N4. The first kappa shape index (κ1) is 23.8. The van der Waals surface area contributed by atoms with Crippen molar-refractivity contribution in [1.29, 1.82) is 0 Å². The summed E-state index contributed by atoms with van der Waals surface area (Å²) in [5, 5.41) is 4.88. The van der Waals surface area contributed by atoms with Crippen LogP contribution in [0.15, 0.2) is 146 Å². The van der Waals surface area contributed by atoms with Crippen LogP contribution >= 0.6 is 0 Å². The first-order valence-electron chi connectivity index (χ1n) is 14.5. The van der Waals surface area contributed by atoms with Crippen LogP contribution in [0.1, 0.15) is 0 Å². The molecule has 0 aliphatic rings. The molecule has 0 spiro atoms. The lowest BCUT2D eigenvalue weighted by Gasteiger charge is -2.11. The van der Waals surface area contributed by atoms with E-state index in [1.54, 1.807) is 0 Å². The van der Waals surface area contributed by atoms with Crippen LogP contribution in [-0.2, 0) is 0 Å². The lowest BCUT2D eigenvalue weighted by molar-refractivity contribution is 1.08. The second kappa shape index (κ2) is 9.33. The zero-order valence-electron chi connectivity index (χ0n) is 23.1. The van der Waals surface area contributed by atoms with Gasteiger partial charge < -0.3 is 4.40 Å². The van der Waals surface area contributed by atoms with Crippen molar-refractivity contribution in [2.24, 2.45) is 0 Å². The Hall–Kier alpha value is -5.87. The summed E-state index contributed by atoms with van der Waals surface area (Å²) in [6, 6.07) is 50.7. The van der Waals surface area contributed by atoms with Gasteiger partial charge in [0.15, 0.2) is 17.5 Å². The number of fused-ring (bicyclic) bond motifs is 6. The van der Waals surface area contributed by atoms with E-state index in [0.29, 0.717) is 17.5 Å². The highest BCUT2D eigenvalue weighted by molar-refractivity contribution is 6.25.